The van der Waals surface area contributed by atoms with Crippen LogP contribution in [0.1, 0.15) is 5.56 Å². The average molecular weight is 394 g/mol. The molecule has 2 aromatic rings. The molecule has 0 saturated heterocycles. The van der Waals surface area contributed by atoms with Crippen molar-refractivity contribution in [1.82, 2.24) is 15.4 Å². The number of amides is 1. The highest BCUT2D eigenvalue weighted by atomic mass is 79.9. The molecule has 2 rings (SSSR count). The zero-order valence-corrected chi connectivity index (χ0v) is 15.1. The highest BCUT2D eigenvalue weighted by molar-refractivity contribution is 9.10. The molecule has 0 atom stereocenters. The third-order valence-electron chi connectivity index (χ3n) is 2.73. The third kappa shape index (κ3) is 5.65. The number of halogens is 1. The third-order valence-corrected chi connectivity index (χ3v) is 4.24. The average Bonchev–Trinajstić information content (AvgIpc) is 2.53. The normalized spacial score (nSPS) is 10.7. The Bertz CT molecular complexity index is 694. The van der Waals surface area contributed by atoms with Crippen molar-refractivity contribution in [2.24, 2.45) is 5.10 Å². The fourth-order valence-corrected chi connectivity index (χ4v) is 3.01. The van der Waals surface area contributed by atoms with Gasteiger partial charge in [-0.25, -0.2) is 15.4 Å². The molecule has 1 aromatic heterocycles. The zero-order valence-electron chi connectivity index (χ0n) is 12.7. The summed E-state index contributed by atoms with van der Waals surface area (Å²) in [5.74, 6) is 0.00706. The number of benzene rings is 1. The van der Waals surface area contributed by atoms with Crippen molar-refractivity contribution in [1.29, 1.82) is 0 Å². The van der Waals surface area contributed by atoms with Crippen LogP contribution in [0.25, 0.3) is 0 Å². The first kappa shape index (κ1) is 17.4. The van der Waals surface area contributed by atoms with Crippen molar-refractivity contribution >= 4 is 45.5 Å². The van der Waals surface area contributed by atoms with Gasteiger partial charge in [-0.2, -0.15) is 5.10 Å². The van der Waals surface area contributed by atoms with Gasteiger partial charge in [-0.3, -0.25) is 4.79 Å². The number of rotatable bonds is 6. The second kappa shape index (κ2) is 8.64. The summed E-state index contributed by atoms with van der Waals surface area (Å²) in [6.07, 6.45) is 4.88. The van der Waals surface area contributed by atoms with Crippen molar-refractivity contribution < 1.29 is 4.79 Å². The highest BCUT2D eigenvalue weighted by Crippen LogP contribution is 2.25. The Morgan fingerprint density at radius 1 is 1.39 bits per heavy atom. The van der Waals surface area contributed by atoms with E-state index in [-0.39, 0.29) is 11.7 Å². The smallest absolute Gasteiger partial charge is 0.250 e. The molecule has 8 heteroatoms. The van der Waals surface area contributed by atoms with Crippen molar-refractivity contribution in [2.75, 3.05) is 24.7 Å². The summed E-state index contributed by atoms with van der Waals surface area (Å²) in [5, 5.41) is 4.52. The molecule has 0 spiro atoms. The minimum Gasteiger partial charge on any atom is -0.377 e. The molecule has 0 aliphatic carbocycles. The molecule has 0 radical (unpaired) electrons. The predicted molar refractivity (Wildman–Crippen MR) is 97.0 cm³/mol. The summed E-state index contributed by atoms with van der Waals surface area (Å²) in [5.41, 5.74) is 4.45. The van der Waals surface area contributed by atoms with Gasteiger partial charge >= 0.3 is 0 Å². The lowest BCUT2D eigenvalue weighted by molar-refractivity contribution is -0.118. The first-order valence-electron chi connectivity index (χ1n) is 6.75. The highest BCUT2D eigenvalue weighted by Gasteiger charge is 2.04. The number of carbonyl (C=O) groups excluding carboxylic acids is 1. The lowest BCUT2D eigenvalue weighted by Crippen LogP contribution is -2.19. The van der Waals surface area contributed by atoms with Crippen molar-refractivity contribution in [3.8, 4) is 0 Å². The Kier molecular flexibility index (Phi) is 6.54. The summed E-state index contributed by atoms with van der Waals surface area (Å²) in [7, 11) is 3.95. The van der Waals surface area contributed by atoms with Crippen LogP contribution < -0.4 is 10.3 Å². The number of carbonyl (C=O) groups is 1. The van der Waals surface area contributed by atoms with E-state index >= 15 is 0 Å². The molecule has 23 heavy (non-hydrogen) atoms. The molecule has 0 unspecified atom stereocenters. The van der Waals surface area contributed by atoms with Gasteiger partial charge in [0.2, 0.25) is 0 Å². The van der Waals surface area contributed by atoms with E-state index in [4.69, 9.17) is 0 Å². The molecule has 0 saturated carbocycles. The summed E-state index contributed by atoms with van der Waals surface area (Å²) < 4.78 is 0.967. The van der Waals surface area contributed by atoms with Crippen molar-refractivity contribution in [3.05, 3.63) is 46.7 Å². The van der Waals surface area contributed by atoms with Crippen LogP contribution in [0.3, 0.4) is 0 Å². The van der Waals surface area contributed by atoms with Gasteiger partial charge < -0.3 is 4.90 Å². The fourth-order valence-electron chi connectivity index (χ4n) is 1.67. The number of nitrogens with one attached hydrogen (secondary N) is 1. The van der Waals surface area contributed by atoms with Gasteiger partial charge in [0.15, 0.2) is 5.16 Å². The number of aromatic nitrogens is 2. The molecule has 1 N–H and O–H groups in total. The number of anilines is 1. The molecule has 120 valence electrons. The number of nitrogens with zero attached hydrogens (tertiary/aromatic N) is 4. The maximum Gasteiger partial charge on any atom is 0.250 e. The summed E-state index contributed by atoms with van der Waals surface area (Å²) in [4.78, 5) is 21.8. The molecule has 1 aromatic carbocycles. The summed E-state index contributed by atoms with van der Waals surface area (Å²) >= 11 is 4.77. The lowest BCUT2D eigenvalue weighted by atomic mass is 10.2. The van der Waals surface area contributed by atoms with Crippen LogP contribution in [0, 0.1) is 0 Å². The molecule has 0 aliphatic rings. The zero-order chi connectivity index (χ0) is 16.7. The van der Waals surface area contributed by atoms with E-state index in [1.54, 1.807) is 24.7 Å². The molecule has 0 fully saturated rings. The van der Waals surface area contributed by atoms with E-state index in [2.05, 4.69) is 36.4 Å². The van der Waals surface area contributed by atoms with Crippen molar-refractivity contribution in [3.63, 3.8) is 0 Å². The minimum atomic E-state index is -0.206. The fraction of sp³-hybridized carbons (Fsp3) is 0.200. The van der Waals surface area contributed by atoms with Crippen molar-refractivity contribution in [2.45, 2.75) is 5.16 Å². The van der Waals surface area contributed by atoms with E-state index in [1.807, 2.05) is 37.2 Å². The van der Waals surface area contributed by atoms with Gasteiger partial charge in [-0.15, -0.1) is 0 Å². The summed E-state index contributed by atoms with van der Waals surface area (Å²) in [6, 6.07) is 7.59. The molecule has 6 nitrogen and oxygen atoms in total. The molecule has 0 bridgehead atoms. The Labute approximate surface area is 147 Å². The molecular weight excluding hydrogens is 378 g/mol. The van der Waals surface area contributed by atoms with Crippen LogP contribution >= 0.6 is 27.7 Å². The molecule has 1 amide bonds. The molecule has 0 aliphatic heterocycles. The van der Waals surface area contributed by atoms with E-state index in [1.165, 1.54) is 11.8 Å². The molecule has 1 heterocycles. The predicted octanol–water partition coefficient (Wildman–Crippen LogP) is 2.55. The van der Waals surface area contributed by atoms with Gasteiger partial charge in [0.05, 0.1) is 17.7 Å². The Morgan fingerprint density at radius 3 is 2.78 bits per heavy atom. The quantitative estimate of drug-likeness (QED) is 0.353. The topological polar surface area (TPSA) is 70.5 Å². The van der Waals surface area contributed by atoms with Crippen LogP contribution in [0.5, 0.6) is 0 Å². The maximum absolute atomic E-state index is 11.7. The Morgan fingerprint density at radius 2 is 2.13 bits per heavy atom. The number of thioether (sulfide) groups is 1. The van der Waals surface area contributed by atoms with Gasteiger partial charge in [0.1, 0.15) is 0 Å². The second-order valence-electron chi connectivity index (χ2n) is 4.72. The van der Waals surface area contributed by atoms with Gasteiger partial charge in [0, 0.05) is 31.0 Å². The van der Waals surface area contributed by atoms with Gasteiger partial charge in [0.25, 0.3) is 5.91 Å². The molecular formula is C15H16BrN5OS. The Balaban J connectivity index is 1.84. The van der Waals surface area contributed by atoms with Gasteiger partial charge in [-0.1, -0.05) is 17.8 Å². The number of hydrogen-bond donors (Lipinski definition) is 1. The van der Waals surface area contributed by atoms with Gasteiger partial charge in [-0.05, 0) is 39.7 Å². The van der Waals surface area contributed by atoms with E-state index < -0.39 is 0 Å². The number of hydrogen-bond acceptors (Lipinski definition) is 6. The summed E-state index contributed by atoms with van der Waals surface area (Å²) in [6.45, 7) is 0. The number of hydrazone groups is 1. The maximum atomic E-state index is 11.7. The first-order valence-corrected chi connectivity index (χ1v) is 8.52. The van der Waals surface area contributed by atoms with Crippen LogP contribution in [0.4, 0.5) is 5.69 Å². The lowest BCUT2D eigenvalue weighted by Gasteiger charge is -2.14. The monoisotopic (exact) mass is 393 g/mol. The van der Waals surface area contributed by atoms with Crippen LogP contribution in [0.2, 0.25) is 0 Å². The standard InChI is InChI=1S/C15H16BrN5OS/c1-21(2)13-5-4-11(8-12(13)16)9-19-20-14(22)10-23-15-17-6-3-7-18-15/h3-9H,10H2,1-2H3,(H,20,22)/b19-9+. The van der Waals surface area contributed by atoms with Crippen LogP contribution in [-0.2, 0) is 4.79 Å². The second-order valence-corrected chi connectivity index (χ2v) is 6.52. The SMILES string of the molecule is CN(C)c1ccc(/C=N/NC(=O)CSc2ncccn2)cc1Br. The van der Waals surface area contributed by atoms with E-state index in [9.17, 15) is 4.79 Å². The first-order chi connectivity index (χ1) is 11.1. The Hall–Kier alpha value is -1.93. The minimum absolute atomic E-state index is 0.206. The largest absolute Gasteiger partial charge is 0.377 e. The van der Waals surface area contributed by atoms with E-state index in [0.717, 1.165) is 15.7 Å². The van der Waals surface area contributed by atoms with E-state index in [0.29, 0.717) is 5.16 Å². The van der Waals surface area contributed by atoms with Crippen LogP contribution in [-0.4, -0.2) is 41.9 Å². The van der Waals surface area contributed by atoms with Crippen LogP contribution in [0.15, 0.2) is 51.4 Å².